The van der Waals surface area contributed by atoms with Gasteiger partial charge in [-0.2, -0.15) is 0 Å². The second-order valence-corrected chi connectivity index (χ2v) is 8.75. The van der Waals surface area contributed by atoms with Crippen molar-refractivity contribution in [3.8, 4) is 0 Å². The first-order valence-corrected chi connectivity index (χ1v) is 9.86. The van der Waals surface area contributed by atoms with E-state index >= 15 is 0 Å². The average Bonchev–Trinajstić information content (AvgIpc) is 2.53. The van der Waals surface area contributed by atoms with Gasteiger partial charge in [0, 0.05) is 10.6 Å². The van der Waals surface area contributed by atoms with Gasteiger partial charge in [0.2, 0.25) is 0 Å². The van der Waals surface area contributed by atoms with E-state index in [2.05, 4.69) is 10.0 Å². The second-order valence-electron chi connectivity index (χ2n) is 6.75. The van der Waals surface area contributed by atoms with Crippen LogP contribution in [0.1, 0.15) is 36.7 Å². The van der Waals surface area contributed by atoms with Crippen LogP contribution >= 0.6 is 11.6 Å². The lowest BCUT2D eigenvalue weighted by molar-refractivity contribution is 0.0920. The maximum Gasteiger partial charge on any atom is 0.255 e. The van der Waals surface area contributed by atoms with E-state index in [1.165, 1.54) is 6.08 Å². The van der Waals surface area contributed by atoms with Gasteiger partial charge in [-0.1, -0.05) is 35.9 Å². The smallest absolute Gasteiger partial charge is 0.255 e. The lowest BCUT2D eigenvalue weighted by Crippen LogP contribution is -2.40. The predicted molar refractivity (Wildman–Crippen MR) is 107 cm³/mol. The summed E-state index contributed by atoms with van der Waals surface area (Å²) in [4.78, 5) is 12.4. The first-order chi connectivity index (χ1) is 12.1. The van der Waals surface area contributed by atoms with Gasteiger partial charge in [-0.3, -0.25) is 9.52 Å². The molecule has 0 fully saturated rings. The molecule has 26 heavy (non-hydrogen) atoms. The van der Waals surface area contributed by atoms with E-state index in [4.69, 9.17) is 11.6 Å². The molecule has 0 unspecified atom stereocenters. The van der Waals surface area contributed by atoms with Crippen molar-refractivity contribution in [1.29, 1.82) is 0 Å². The second kappa shape index (κ2) is 7.93. The number of sulfonamides is 1. The van der Waals surface area contributed by atoms with Crippen LogP contribution in [0.2, 0.25) is 5.02 Å². The molecule has 2 N–H and O–H groups in total. The summed E-state index contributed by atoms with van der Waals surface area (Å²) in [6, 6.07) is 13.2. The SMILES string of the molecule is CC(C)(C)NC(=O)c1ccccc1NS(=O)(=O)/C=C/c1ccc(Cl)cc1. The third-order valence-corrected chi connectivity index (χ3v) is 4.47. The van der Waals surface area contributed by atoms with Gasteiger partial charge < -0.3 is 5.32 Å². The quantitative estimate of drug-likeness (QED) is 0.797. The van der Waals surface area contributed by atoms with E-state index in [-0.39, 0.29) is 17.2 Å². The fourth-order valence-corrected chi connectivity index (χ4v) is 3.12. The molecule has 0 saturated carbocycles. The number of hydrogen-bond donors (Lipinski definition) is 2. The molecule has 7 heteroatoms. The number of amides is 1. The molecule has 1 amide bonds. The van der Waals surface area contributed by atoms with E-state index < -0.39 is 15.6 Å². The fourth-order valence-electron chi connectivity index (χ4n) is 2.11. The summed E-state index contributed by atoms with van der Waals surface area (Å²) in [7, 11) is -3.79. The first kappa shape index (κ1) is 20.0. The zero-order chi connectivity index (χ0) is 19.4. The van der Waals surface area contributed by atoms with Crippen molar-refractivity contribution < 1.29 is 13.2 Å². The van der Waals surface area contributed by atoms with Crippen molar-refractivity contribution >= 4 is 39.3 Å². The number of carbonyl (C=O) groups excluding carboxylic acids is 1. The molecule has 0 heterocycles. The number of hydrogen-bond acceptors (Lipinski definition) is 3. The van der Waals surface area contributed by atoms with Crippen molar-refractivity contribution in [1.82, 2.24) is 5.32 Å². The summed E-state index contributed by atoms with van der Waals surface area (Å²) >= 11 is 5.81. The Bertz CT molecular complexity index is 915. The van der Waals surface area contributed by atoms with Gasteiger partial charge in [0.1, 0.15) is 0 Å². The maximum absolute atomic E-state index is 12.4. The molecule has 0 bridgehead atoms. The molecular weight excluding hydrogens is 372 g/mol. The minimum atomic E-state index is -3.79. The van der Waals surface area contributed by atoms with Gasteiger partial charge in [-0.25, -0.2) is 8.42 Å². The molecule has 0 aliphatic heterocycles. The van der Waals surface area contributed by atoms with Gasteiger partial charge in [-0.05, 0) is 56.7 Å². The van der Waals surface area contributed by atoms with Crippen LogP contribution in [0, 0.1) is 0 Å². The van der Waals surface area contributed by atoms with Gasteiger partial charge in [0.25, 0.3) is 15.9 Å². The summed E-state index contributed by atoms with van der Waals surface area (Å²) in [5, 5.41) is 4.44. The zero-order valence-electron chi connectivity index (χ0n) is 14.8. The standard InChI is InChI=1S/C19H21ClN2O3S/c1-19(2,3)21-18(23)16-6-4-5-7-17(16)22-26(24,25)13-12-14-8-10-15(20)11-9-14/h4-13,22H,1-3H3,(H,21,23)/b13-12+. The van der Waals surface area contributed by atoms with Crippen LogP contribution in [0.3, 0.4) is 0 Å². The summed E-state index contributed by atoms with van der Waals surface area (Å²) in [6.45, 7) is 5.56. The lowest BCUT2D eigenvalue weighted by Gasteiger charge is -2.21. The van der Waals surface area contributed by atoms with Crippen LogP contribution in [0.4, 0.5) is 5.69 Å². The van der Waals surface area contributed by atoms with Gasteiger partial charge >= 0.3 is 0 Å². The molecule has 0 aliphatic rings. The van der Waals surface area contributed by atoms with E-state index in [0.29, 0.717) is 10.6 Å². The molecule has 138 valence electrons. The summed E-state index contributed by atoms with van der Waals surface area (Å²) in [6.07, 6.45) is 1.45. The Morgan fingerprint density at radius 2 is 1.65 bits per heavy atom. The van der Waals surface area contributed by atoms with Gasteiger partial charge in [0.15, 0.2) is 0 Å². The molecule has 0 radical (unpaired) electrons. The third-order valence-electron chi connectivity index (χ3n) is 3.22. The van der Waals surface area contributed by atoms with Crippen LogP contribution in [0.15, 0.2) is 53.9 Å². The van der Waals surface area contributed by atoms with Crippen molar-refractivity contribution in [2.75, 3.05) is 4.72 Å². The Hall–Kier alpha value is -2.31. The molecule has 2 aromatic carbocycles. The highest BCUT2D eigenvalue weighted by Gasteiger charge is 2.19. The van der Waals surface area contributed by atoms with E-state index in [0.717, 1.165) is 5.41 Å². The maximum atomic E-state index is 12.4. The molecule has 0 saturated heterocycles. The molecule has 0 aromatic heterocycles. The van der Waals surface area contributed by atoms with Crippen LogP contribution in [-0.4, -0.2) is 19.9 Å². The molecule has 0 atom stereocenters. The number of para-hydroxylation sites is 1. The minimum Gasteiger partial charge on any atom is -0.347 e. The highest BCUT2D eigenvalue weighted by Crippen LogP contribution is 2.19. The predicted octanol–water partition coefficient (Wildman–Crippen LogP) is 4.28. The Labute approximate surface area is 159 Å². The Balaban J connectivity index is 2.21. The molecule has 0 aliphatic carbocycles. The summed E-state index contributed by atoms with van der Waals surface area (Å²) < 4.78 is 27.1. The highest BCUT2D eigenvalue weighted by atomic mass is 35.5. The lowest BCUT2D eigenvalue weighted by atomic mass is 10.1. The van der Waals surface area contributed by atoms with Crippen LogP contribution in [0.25, 0.3) is 6.08 Å². The number of carbonyl (C=O) groups is 1. The van der Waals surface area contributed by atoms with E-state index in [1.54, 1.807) is 48.5 Å². The first-order valence-electron chi connectivity index (χ1n) is 7.94. The van der Waals surface area contributed by atoms with Gasteiger partial charge in [-0.15, -0.1) is 0 Å². The topological polar surface area (TPSA) is 75.3 Å². The van der Waals surface area contributed by atoms with E-state index in [9.17, 15) is 13.2 Å². The monoisotopic (exact) mass is 392 g/mol. The fraction of sp³-hybridized carbons (Fsp3) is 0.211. The third kappa shape index (κ3) is 6.20. The molecular formula is C19H21ClN2O3S. The van der Waals surface area contributed by atoms with Crippen molar-refractivity contribution in [2.45, 2.75) is 26.3 Å². The zero-order valence-corrected chi connectivity index (χ0v) is 16.4. The highest BCUT2D eigenvalue weighted by molar-refractivity contribution is 7.95. The number of nitrogens with one attached hydrogen (secondary N) is 2. The number of anilines is 1. The normalized spacial score (nSPS) is 12.2. The largest absolute Gasteiger partial charge is 0.347 e. The molecule has 5 nitrogen and oxygen atoms in total. The van der Waals surface area contributed by atoms with Crippen LogP contribution in [0.5, 0.6) is 0 Å². The summed E-state index contributed by atoms with van der Waals surface area (Å²) in [5.74, 6) is -0.350. The van der Waals surface area contributed by atoms with Crippen molar-refractivity contribution in [2.24, 2.45) is 0 Å². The van der Waals surface area contributed by atoms with Gasteiger partial charge in [0.05, 0.1) is 16.7 Å². The minimum absolute atomic E-state index is 0.218. The summed E-state index contributed by atoms with van der Waals surface area (Å²) in [5.41, 5.74) is 0.733. The molecule has 2 aromatic rings. The Morgan fingerprint density at radius 3 is 2.27 bits per heavy atom. The van der Waals surface area contributed by atoms with Crippen molar-refractivity contribution in [3.63, 3.8) is 0 Å². The molecule has 0 spiro atoms. The Kier molecular flexibility index (Phi) is 6.10. The Morgan fingerprint density at radius 1 is 1.04 bits per heavy atom. The average molecular weight is 393 g/mol. The van der Waals surface area contributed by atoms with Crippen molar-refractivity contribution in [3.05, 3.63) is 70.1 Å². The van der Waals surface area contributed by atoms with Crippen LogP contribution < -0.4 is 10.0 Å². The van der Waals surface area contributed by atoms with E-state index in [1.807, 2.05) is 20.8 Å². The molecule has 2 rings (SSSR count). The number of halogens is 1. The van der Waals surface area contributed by atoms with Crippen LogP contribution in [-0.2, 0) is 10.0 Å². The number of benzene rings is 2. The number of rotatable bonds is 5.